The zero-order valence-electron chi connectivity index (χ0n) is 17.6. The number of ether oxygens (including phenoxy) is 1. The number of aryl methyl sites for hydroxylation is 1. The lowest BCUT2D eigenvalue weighted by Crippen LogP contribution is -2.17. The summed E-state index contributed by atoms with van der Waals surface area (Å²) in [6, 6.07) is 14.1. The minimum atomic E-state index is -0.537. The Bertz CT molecular complexity index is 1510. The van der Waals surface area contributed by atoms with Crippen LogP contribution in [0.3, 0.4) is 0 Å². The first-order valence-electron chi connectivity index (χ1n) is 9.91. The van der Waals surface area contributed by atoms with E-state index in [1.54, 1.807) is 71.5 Å². The lowest BCUT2D eigenvalue weighted by Gasteiger charge is -2.20. The summed E-state index contributed by atoms with van der Waals surface area (Å²) in [5.41, 5.74) is 9.23. The van der Waals surface area contributed by atoms with E-state index in [0.29, 0.717) is 43.8 Å². The molecule has 0 radical (unpaired) electrons. The fourth-order valence-electron chi connectivity index (χ4n) is 3.65. The highest BCUT2D eigenvalue weighted by atomic mass is 35.5. The normalized spacial score (nSPS) is 11.0. The molecule has 2 N–H and O–H groups in total. The molecule has 0 atom stereocenters. The molecule has 0 aliphatic carbocycles. The van der Waals surface area contributed by atoms with Gasteiger partial charge in [0.1, 0.15) is 10.5 Å². The average Bonchev–Trinajstić information content (AvgIpc) is 2.76. The summed E-state index contributed by atoms with van der Waals surface area (Å²) < 4.78 is 9.06. The maximum absolute atomic E-state index is 12.9. The van der Waals surface area contributed by atoms with Crippen LogP contribution in [0.2, 0.25) is 10.0 Å². The van der Waals surface area contributed by atoms with Crippen LogP contribution in [0.5, 0.6) is 0 Å². The van der Waals surface area contributed by atoms with E-state index in [9.17, 15) is 4.79 Å². The molecule has 0 saturated heterocycles. The first-order valence-corrected chi connectivity index (χ1v) is 11.5. The number of carbonyl (C=O) groups is 1. The van der Waals surface area contributed by atoms with Crippen LogP contribution in [-0.4, -0.2) is 26.7 Å². The lowest BCUT2D eigenvalue weighted by atomic mass is 10.1. The molecule has 33 heavy (non-hydrogen) atoms. The Labute approximate surface area is 210 Å². The van der Waals surface area contributed by atoms with Crippen LogP contribution in [0.4, 0.5) is 5.82 Å². The number of rotatable bonds is 4. The Morgan fingerprint density at radius 1 is 1.00 bits per heavy atom. The molecule has 0 fully saturated rings. The van der Waals surface area contributed by atoms with Crippen LogP contribution in [0.25, 0.3) is 22.4 Å². The number of anilines is 1. The summed E-state index contributed by atoms with van der Waals surface area (Å²) in [6.07, 6.45) is 0. The second-order valence-corrected chi connectivity index (χ2v) is 8.75. The third-order valence-corrected chi connectivity index (χ3v) is 6.31. The number of nitrogen functional groups attached to an aromatic ring is 1. The van der Waals surface area contributed by atoms with Gasteiger partial charge in [-0.3, -0.25) is 9.13 Å². The highest BCUT2D eigenvalue weighted by Crippen LogP contribution is 2.32. The molecule has 0 unspecified atom stereocenters. The number of benzene rings is 2. The van der Waals surface area contributed by atoms with Crippen molar-refractivity contribution in [2.45, 2.75) is 13.8 Å². The molecular weight excluding hydrogens is 499 g/mol. The number of pyridine rings is 1. The number of nitrogens with zero attached hydrogens (tertiary/aromatic N) is 3. The van der Waals surface area contributed by atoms with Gasteiger partial charge in [-0.15, -0.1) is 0 Å². The molecule has 168 valence electrons. The molecule has 0 aliphatic heterocycles. The van der Waals surface area contributed by atoms with Gasteiger partial charge in [0.05, 0.1) is 17.6 Å². The Morgan fingerprint density at radius 2 is 1.52 bits per heavy atom. The predicted molar refractivity (Wildman–Crippen MR) is 137 cm³/mol. The molecule has 10 heteroatoms. The summed E-state index contributed by atoms with van der Waals surface area (Å²) in [5.74, 6) is -0.224. The average molecular weight is 517 g/mol. The molecule has 2 heterocycles. The van der Waals surface area contributed by atoms with Gasteiger partial charge in [0.2, 0.25) is 4.77 Å². The summed E-state index contributed by atoms with van der Waals surface area (Å²) in [5, 5.41) is 1.67. The largest absolute Gasteiger partial charge is 0.462 e. The first kappa shape index (κ1) is 23.4. The second-order valence-electron chi connectivity index (χ2n) is 7.13. The fourth-order valence-corrected chi connectivity index (χ4v) is 4.62. The van der Waals surface area contributed by atoms with Crippen LogP contribution >= 0.6 is 47.6 Å². The van der Waals surface area contributed by atoms with Crippen molar-refractivity contribution in [3.63, 3.8) is 0 Å². The molecule has 2 aromatic carbocycles. The highest BCUT2D eigenvalue weighted by Gasteiger charge is 2.23. The van der Waals surface area contributed by atoms with Gasteiger partial charge in [-0.1, -0.05) is 35.4 Å². The molecule has 0 spiro atoms. The van der Waals surface area contributed by atoms with Gasteiger partial charge in [-0.25, -0.2) is 9.78 Å². The van der Waals surface area contributed by atoms with E-state index < -0.39 is 5.97 Å². The third kappa shape index (κ3) is 4.15. The van der Waals surface area contributed by atoms with Gasteiger partial charge in [0.15, 0.2) is 5.65 Å². The number of hydrogen-bond donors (Lipinski definition) is 1. The number of hydrogen-bond acceptors (Lipinski definition) is 6. The van der Waals surface area contributed by atoms with Crippen molar-refractivity contribution in [3.8, 4) is 11.4 Å². The first-order chi connectivity index (χ1) is 15.7. The van der Waals surface area contributed by atoms with Crippen LogP contribution in [0, 0.1) is 16.3 Å². The summed E-state index contributed by atoms with van der Waals surface area (Å²) in [7, 11) is 0. The summed E-state index contributed by atoms with van der Waals surface area (Å²) >= 11 is 23.5. The predicted octanol–water partition coefficient (Wildman–Crippen LogP) is 6.65. The maximum atomic E-state index is 12.9. The maximum Gasteiger partial charge on any atom is 0.341 e. The van der Waals surface area contributed by atoms with Gasteiger partial charge in [-0.2, -0.15) is 0 Å². The van der Waals surface area contributed by atoms with E-state index in [1.165, 1.54) is 0 Å². The Hall–Kier alpha value is -2.78. The summed E-state index contributed by atoms with van der Waals surface area (Å²) in [6.45, 7) is 3.71. The van der Waals surface area contributed by atoms with Crippen molar-refractivity contribution in [1.82, 2.24) is 14.1 Å². The molecule has 0 aliphatic rings. The molecular formula is C23H18Cl2N4O2S2. The van der Waals surface area contributed by atoms with Crippen molar-refractivity contribution in [2.75, 3.05) is 12.3 Å². The van der Waals surface area contributed by atoms with E-state index in [4.69, 9.17) is 58.1 Å². The molecule has 0 amide bonds. The highest BCUT2D eigenvalue weighted by molar-refractivity contribution is 7.71. The molecule has 4 rings (SSSR count). The van der Waals surface area contributed by atoms with Crippen LogP contribution in [0.1, 0.15) is 22.8 Å². The number of esters is 1. The minimum absolute atomic E-state index is 0.204. The monoisotopic (exact) mass is 516 g/mol. The van der Waals surface area contributed by atoms with Crippen LogP contribution < -0.4 is 5.73 Å². The topological polar surface area (TPSA) is 75.1 Å². The van der Waals surface area contributed by atoms with E-state index in [-0.39, 0.29) is 21.6 Å². The molecule has 6 nitrogen and oxygen atoms in total. The number of halogens is 2. The second kappa shape index (κ2) is 9.23. The van der Waals surface area contributed by atoms with E-state index in [1.807, 2.05) is 0 Å². The Kier molecular flexibility index (Phi) is 6.54. The smallest absolute Gasteiger partial charge is 0.341 e. The van der Waals surface area contributed by atoms with Crippen LogP contribution in [-0.2, 0) is 4.74 Å². The van der Waals surface area contributed by atoms with Crippen molar-refractivity contribution < 1.29 is 9.53 Å². The van der Waals surface area contributed by atoms with Gasteiger partial charge in [0, 0.05) is 21.4 Å². The van der Waals surface area contributed by atoms with Gasteiger partial charge in [0.25, 0.3) is 0 Å². The number of carbonyl (C=O) groups excluding carboxylic acids is 1. The van der Waals surface area contributed by atoms with Gasteiger partial charge >= 0.3 is 5.97 Å². The molecule has 0 bridgehead atoms. The minimum Gasteiger partial charge on any atom is -0.462 e. The molecule has 4 aromatic rings. The SMILES string of the molecule is CCOC(=O)c1c(C)c2c(N)n(-c3ccc(Cl)cc3)c(=S)nc2n(-c2ccc(Cl)cc2)c1=S. The van der Waals surface area contributed by atoms with Gasteiger partial charge < -0.3 is 10.5 Å². The van der Waals surface area contributed by atoms with Crippen LogP contribution in [0.15, 0.2) is 48.5 Å². The Morgan fingerprint density at radius 3 is 2.03 bits per heavy atom. The number of fused-ring (bicyclic) bond motifs is 1. The standard InChI is InChI=1S/C23H18Cl2N4O2S2/c1-3-31-22(30)18-12(2)17-19(26)28(15-8-4-13(24)5-9-15)23(33)27-20(17)29(21(18)32)16-10-6-14(25)7-11-16/h4-11H,3,26H2,1-2H3. The van der Waals surface area contributed by atoms with E-state index in [2.05, 4.69) is 4.98 Å². The molecule has 0 saturated carbocycles. The van der Waals surface area contributed by atoms with E-state index in [0.717, 1.165) is 0 Å². The van der Waals surface area contributed by atoms with Crippen molar-refractivity contribution >= 4 is 70.5 Å². The Balaban J connectivity index is 2.18. The van der Waals surface area contributed by atoms with E-state index >= 15 is 0 Å². The molecule has 2 aromatic heterocycles. The lowest BCUT2D eigenvalue weighted by molar-refractivity contribution is 0.0524. The summed E-state index contributed by atoms with van der Waals surface area (Å²) in [4.78, 5) is 17.6. The zero-order valence-corrected chi connectivity index (χ0v) is 20.8. The fraction of sp³-hybridized carbons (Fsp3) is 0.130. The van der Waals surface area contributed by atoms with Crippen molar-refractivity contribution in [1.29, 1.82) is 0 Å². The third-order valence-electron chi connectivity index (χ3n) is 5.14. The van der Waals surface area contributed by atoms with Crippen molar-refractivity contribution in [3.05, 3.63) is 79.1 Å². The zero-order chi connectivity index (χ0) is 23.9. The van der Waals surface area contributed by atoms with Crippen molar-refractivity contribution in [2.24, 2.45) is 0 Å². The van der Waals surface area contributed by atoms with Gasteiger partial charge in [-0.05, 0) is 80.2 Å². The number of nitrogens with two attached hydrogens (primary N) is 1. The number of aromatic nitrogens is 3. The quantitative estimate of drug-likeness (QED) is 0.241.